The van der Waals surface area contributed by atoms with Crippen molar-refractivity contribution in [3.63, 3.8) is 0 Å². The summed E-state index contributed by atoms with van der Waals surface area (Å²) in [7, 11) is 0. The van der Waals surface area contributed by atoms with Gasteiger partial charge in [-0.15, -0.1) is 11.3 Å². The number of benzene rings is 1. The van der Waals surface area contributed by atoms with Crippen LogP contribution in [0.3, 0.4) is 0 Å². The standard InChI is InChI=1S/C15H15N3OS/c1-9-10(2)20-15(17-9)18-14(19)7-11-8-16-13-6-4-3-5-12(11)13/h3-6,8,16H,7H2,1-2H3,(H,17,18,19). The molecule has 3 rings (SSSR count). The molecule has 0 aliphatic carbocycles. The quantitative estimate of drug-likeness (QED) is 0.774. The minimum atomic E-state index is -0.0384. The number of anilines is 1. The van der Waals surface area contributed by atoms with E-state index < -0.39 is 0 Å². The van der Waals surface area contributed by atoms with E-state index in [1.165, 1.54) is 11.3 Å². The predicted octanol–water partition coefficient (Wildman–Crippen LogP) is 3.42. The van der Waals surface area contributed by atoms with E-state index in [1.807, 2.05) is 44.3 Å². The molecule has 20 heavy (non-hydrogen) atoms. The van der Waals surface area contributed by atoms with Crippen molar-refractivity contribution >= 4 is 33.3 Å². The zero-order chi connectivity index (χ0) is 14.1. The third-order valence-corrected chi connectivity index (χ3v) is 4.29. The number of fused-ring (bicyclic) bond motifs is 1. The van der Waals surface area contributed by atoms with Gasteiger partial charge < -0.3 is 10.3 Å². The van der Waals surface area contributed by atoms with Crippen LogP contribution in [-0.4, -0.2) is 15.9 Å². The van der Waals surface area contributed by atoms with Gasteiger partial charge in [0.15, 0.2) is 5.13 Å². The van der Waals surface area contributed by atoms with E-state index in [-0.39, 0.29) is 5.91 Å². The number of aromatic nitrogens is 2. The third kappa shape index (κ3) is 2.44. The number of carbonyl (C=O) groups excluding carboxylic acids is 1. The lowest BCUT2D eigenvalue weighted by Gasteiger charge is -2.00. The molecule has 3 aromatic rings. The van der Waals surface area contributed by atoms with Crippen molar-refractivity contribution in [2.45, 2.75) is 20.3 Å². The Morgan fingerprint density at radius 2 is 2.15 bits per heavy atom. The van der Waals surface area contributed by atoms with Crippen molar-refractivity contribution in [1.29, 1.82) is 0 Å². The molecule has 0 atom stereocenters. The van der Waals surface area contributed by atoms with Crippen molar-refractivity contribution < 1.29 is 4.79 Å². The molecule has 0 saturated carbocycles. The summed E-state index contributed by atoms with van der Waals surface area (Å²) >= 11 is 1.51. The Morgan fingerprint density at radius 1 is 1.35 bits per heavy atom. The lowest BCUT2D eigenvalue weighted by molar-refractivity contribution is -0.115. The first-order valence-electron chi connectivity index (χ1n) is 6.42. The highest BCUT2D eigenvalue weighted by molar-refractivity contribution is 7.15. The highest BCUT2D eigenvalue weighted by Gasteiger charge is 2.11. The van der Waals surface area contributed by atoms with E-state index in [2.05, 4.69) is 15.3 Å². The van der Waals surface area contributed by atoms with E-state index >= 15 is 0 Å². The largest absolute Gasteiger partial charge is 0.361 e. The number of hydrogen-bond donors (Lipinski definition) is 2. The maximum Gasteiger partial charge on any atom is 0.230 e. The maximum absolute atomic E-state index is 12.1. The maximum atomic E-state index is 12.1. The van der Waals surface area contributed by atoms with E-state index in [0.717, 1.165) is 27.0 Å². The van der Waals surface area contributed by atoms with Gasteiger partial charge in [-0.25, -0.2) is 4.98 Å². The smallest absolute Gasteiger partial charge is 0.230 e. The summed E-state index contributed by atoms with van der Waals surface area (Å²) in [6.45, 7) is 3.95. The molecule has 2 N–H and O–H groups in total. The molecular weight excluding hydrogens is 270 g/mol. The fourth-order valence-corrected chi connectivity index (χ4v) is 2.97. The number of nitrogens with zero attached hydrogens (tertiary/aromatic N) is 1. The van der Waals surface area contributed by atoms with Gasteiger partial charge in [-0.1, -0.05) is 18.2 Å². The monoisotopic (exact) mass is 285 g/mol. The van der Waals surface area contributed by atoms with Gasteiger partial charge in [0.2, 0.25) is 5.91 Å². The first-order chi connectivity index (χ1) is 9.63. The van der Waals surface area contributed by atoms with Crippen molar-refractivity contribution in [2.75, 3.05) is 5.32 Å². The molecule has 2 heterocycles. The van der Waals surface area contributed by atoms with Gasteiger partial charge >= 0.3 is 0 Å². The first kappa shape index (κ1) is 12.9. The molecule has 2 aromatic heterocycles. The average Bonchev–Trinajstić information content (AvgIpc) is 2.95. The molecule has 0 aliphatic heterocycles. The first-order valence-corrected chi connectivity index (χ1v) is 7.24. The number of aromatic amines is 1. The van der Waals surface area contributed by atoms with Gasteiger partial charge in [0, 0.05) is 22.0 Å². The number of carbonyl (C=O) groups is 1. The number of aryl methyl sites for hydroxylation is 2. The molecular formula is C15H15N3OS. The Balaban J connectivity index is 1.76. The van der Waals surface area contributed by atoms with E-state index in [1.54, 1.807) is 0 Å². The molecule has 4 nitrogen and oxygen atoms in total. The highest BCUT2D eigenvalue weighted by atomic mass is 32.1. The summed E-state index contributed by atoms with van der Waals surface area (Å²) in [5.74, 6) is -0.0384. The second-order valence-electron chi connectivity index (χ2n) is 4.75. The average molecular weight is 285 g/mol. The second kappa shape index (κ2) is 5.09. The minimum absolute atomic E-state index is 0.0384. The second-order valence-corrected chi connectivity index (χ2v) is 5.95. The van der Waals surface area contributed by atoms with Crippen molar-refractivity contribution in [3.05, 3.63) is 46.6 Å². The normalized spacial score (nSPS) is 10.9. The molecule has 0 bridgehead atoms. The van der Waals surface area contributed by atoms with Gasteiger partial charge in [-0.2, -0.15) is 0 Å². The molecule has 0 spiro atoms. The number of thiazole rings is 1. The number of nitrogens with one attached hydrogen (secondary N) is 2. The van der Waals surface area contributed by atoms with E-state index in [4.69, 9.17) is 0 Å². The topological polar surface area (TPSA) is 57.8 Å². The molecule has 102 valence electrons. The number of rotatable bonds is 3. The Bertz CT molecular complexity index is 753. The Kier molecular flexibility index (Phi) is 3.28. The van der Waals surface area contributed by atoms with Crippen LogP contribution in [0.5, 0.6) is 0 Å². The Morgan fingerprint density at radius 3 is 2.90 bits per heavy atom. The van der Waals surface area contributed by atoms with Crippen LogP contribution in [0.4, 0.5) is 5.13 Å². The SMILES string of the molecule is Cc1nc(NC(=O)Cc2c[nH]c3ccccc23)sc1C. The van der Waals surface area contributed by atoms with Crippen molar-refractivity contribution in [2.24, 2.45) is 0 Å². The van der Waals surface area contributed by atoms with Crippen molar-refractivity contribution in [3.8, 4) is 0 Å². The van der Waals surface area contributed by atoms with Crippen LogP contribution in [0.2, 0.25) is 0 Å². The van der Waals surface area contributed by atoms with E-state index in [9.17, 15) is 4.79 Å². The van der Waals surface area contributed by atoms with Crippen LogP contribution in [-0.2, 0) is 11.2 Å². The Labute approximate surface area is 120 Å². The molecule has 1 amide bonds. The lowest BCUT2D eigenvalue weighted by Crippen LogP contribution is -2.13. The molecule has 0 fully saturated rings. The number of para-hydroxylation sites is 1. The summed E-state index contributed by atoms with van der Waals surface area (Å²) in [5.41, 5.74) is 3.02. The van der Waals surface area contributed by atoms with Crippen LogP contribution < -0.4 is 5.32 Å². The van der Waals surface area contributed by atoms with Crippen LogP contribution in [0, 0.1) is 13.8 Å². The predicted molar refractivity (Wildman–Crippen MR) is 82.2 cm³/mol. The zero-order valence-corrected chi connectivity index (χ0v) is 12.2. The molecule has 0 radical (unpaired) electrons. The highest BCUT2D eigenvalue weighted by Crippen LogP contribution is 2.22. The van der Waals surface area contributed by atoms with Gasteiger partial charge in [0.25, 0.3) is 0 Å². The fraction of sp³-hybridized carbons (Fsp3) is 0.200. The van der Waals surface area contributed by atoms with Crippen LogP contribution in [0.25, 0.3) is 10.9 Å². The third-order valence-electron chi connectivity index (χ3n) is 3.30. The zero-order valence-electron chi connectivity index (χ0n) is 11.4. The lowest BCUT2D eigenvalue weighted by atomic mass is 10.1. The molecule has 1 aromatic carbocycles. The van der Waals surface area contributed by atoms with Crippen LogP contribution in [0.1, 0.15) is 16.1 Å². The number of hydrogen-bond acceptors (Lipinski definition) is 3. The molecule has 5 heteroatoms. The Hall–Kier alpha value is -2.14. The van der Waals surface area contributed by atoms with Gasteiger partial charge in [-0.3, -0.25) is 4.79 Å². The summed E-state index contributed by atoms with van der Waals surface area (Å²) in [6, 6.07) is 7.98. The summed E-state index contributed by atoms with van der Waals surface area (Å²) < 4.78 is 0. The molecule has 0 aliphatic rings. The van der Waals surface area contributed by atoms with Crippen molar-refractivity contribution in [1.82, 2.24) is 9.97 Å². The number of amides is 1. The fourth-order valence-electron chi connectivity index (χ4n) is 2.14. The van der Waals surface area contributed by atoms with E-state index in [0.29, 0.717) is 11.6 Å². The summed E-state index contributed by atoms with van der Waals surface area (Å²) in [4.78, 5) is 20.7. The molecule has 0 saturated heterocycles. The minimum Gasteiger partial charge on any atom is -0.361 e. The molecule has 0 unspecified atom stereocenters. The number of H-pyrrole nitrogens is 1. The van der Waals surface area contributed by atoms with Crippen LogP contribution >= 0.6 is 11.3 Å². The van der Waals surface area contributed by atoms with Gasteiger partial charge in [-0.05, 0) is 25.5 Å². The summed E-state index contributed by atoms with van der Waals surface area (Å²) in [6.07, 6.45) is 2.24. The van der Waals surface area contributed by atoms with Gasteiger partial charge in [0.05, 0.1) is 12.1 Å². The van der Waals surface area contributed by atoms with Crippen LogP contribution in [0.15, 0.2) is 30.5 Å². The van der Waals surface area contributed by atoms with Gasteiger partial charge in [0.1, 0.15) is 0 Å². The summed E-state index contributed by atoms with van der Waals surface area (Å²) in [5, 5.41) is 4.62.